The van der Waals surface area contributed by atoms with Gasteiger partial charge < -0.3 is 15.1 Å². The van der Waals surface area contributed by atoms with Crippen LogP contribution in [0.4, 0.5) is 5.00 Å². The summed E-state index contributed by atoms with van der Waals surface area (Å²) in [5, 5.41) is 14.3. The average molecular weight is 392 g/mol. The summed E-state index contributed by atoms with van der Waals surface area (Å²) in [7, 11) is 0. The van der Waals surface area contributed by atoms with E-state index in [4.69, 9.17) is 0 Å². The Bertz CT molecular complexity index is 737. The molecule has 1 aromatic rings. The highest BCUT2D eigenvalue weighted by Crippen LogP contribution is 2.31. The third-order valence-electron chi connectivity index (χ3n) is 6.11. The third kappa shape index (κ3) is 3.58. The van der Waals surface area contributed by atoms with Crippen LogP contribution in [0.3, 0.4) is 0 Å². The Labute approximate surface area is 161 Å². The smallest absolute Gasteiger partial charge is 0.324 e. The van der Waals surface area contributed by atoms with Crippen molar-refractivity contribution in [1.82, 2.24) is 15.1 Å². The van der Waals surface area contributed by atoms with Crippen LogP contribution in [0.15, 0.2) is 12.1 Å². The number of amides is 2. The van der Waals surface area contributed by atoms with E-state index in [1.807, 2.05) is 4.90 Å². The van der Waals surface area contributed by atoms with Gasteiger partial charge in [0.15, 0.2) is 0 Å². The molecule has 3 aliphatic heterocycles. The maximum Gasteiger partial charge on any atom is 0.324 e. The lowest BCUT2D eigenvalue weighted by molar-refractivity contribution is -0.380. The van der Waals surface area contributed by atoms with E-state index < -0.39 is 11.0 Å². The number of fused-ring (bicyclic) bond motifs is 1. The summed E-state index contributed by atoms with van der Waals surface area (Å²) in [4.78, 5) is 40.3. The molecule has 1 unspecified atom stereocenters. The molecular weight excluding hydrogens is 368 g/mol. The molecule has 146 valence electrons. The minimum absolute atomic E-state index is 0.0415. The molecule has 0 radical (unpaired) electrons. The quantitative estimate of drug-likeness (QED) is 0.624. The first-order chi connectivity index (χ1) is 13.0. The molecule has 2 amide bonds. The first-order valence-corrected chi connectivity index (χ1v) is 10.4. The van der Waals surface area contributed by atoms with Crippen molar-refractivity contribution in [2.24, 2.45) is 11.8 Å². The second-order valence-corrected chi connectivity index (χ2v) is 8.69. The second-order valence-electron chi connectivity index (χ2n) is 7.63. The SMILES string of the molecule is O=C(C1CCCN1C(=O)c1ccc([N+](=O)[O-])s1)N1CC[C@@H]2CNC[C@@H]2CC1. The van der Waals surface area contributed by atoms with Crippen LogP contribution in [-0.2, 0) is 4.79 Å². The number of carbonyl (C=O) groups is 2. The zero-order chi connectivity index (χ0) is 19.0. The van der Waals surface area contributed by atoms with Crippen LogP contribution < -0.4 is 5.32 Å². The summed E-state index contributed by atoms with van der Waals surface area (Å²) in [6, 6.07) is 2.41. The number of nitrogens with one attached hydrogen (secondary N) is 1. The number of carbonyl (C=O) groups excluding carboxylic acids is 2. The highest BCUT2D eigenvalue weighted by Gasteiger charge is 2.39. The van der Waals surface area contributed by atoms with Gasteiger partial charge in [0.1, 0.15) is 6.04 Å². The van der Waals surface area contributed by atoms with Crippen LogP contribution in [-0.4, -0.2) is 65.3 Å². The second kappa shape index (κ2) is 7.55. The van der Waals surface area contributed by atoms with Crippen LogP contribution in [0.2, 0.25) is 0 Å². The zero-order valence-corrected chi connectivity index (χ0v) is 16.0. The summed E-state index contributed by atoms with van der Waals surface area (Å²) in [6.45, 7) is 4.12. The van der Waals surface area contributed by atoms with Crippen LogP contribution in [0.25, 0.3) is 0 Å². The minimum atomic E-state index is -0.489. The molecule has 0 saturated carbocycles. The van der Waals surface area contributed by atoms with Crippen LogP contribution in [0.1, 0.15) is 35.4 Å². The first-order valence-electron chi connectivity index (χ1n) is 9.59. The van der Waals surface area contributed by atoms with E-state index in [-0.39, 0.29) is 16.8 Å². The molecule has 3 aliphatic rings. The number of rotatable bonds is 3. The maximum atomic E-state index is 13.1. The molecule has 0 bridgehead atoms. The largest absolute Gasteiger partial charge is 0.341 e. The maximum absolute atomic E-state index is 13.1. The molecule has 8 nitrogen and oxygen atoms in total. The highest BCUT2D eigenvalue weighted by molar-refractivity contribution is 7.17. The molecule has 0 spiro atoms. The topological polar surface area (TPSA) is 95.8 Å². The van der Waals surface area contributed by atoms with E-state index >= 15 is 0 Å². The molecule has 0 aromatic carbocycles. The monoisotopic (exact) mass is 392 g/mol. The summed E-state index contributed by atoms with van der Waals surface area (Å²) >= 11 is 0.878. The van der Waals surface area contributed by atoms with Crippen molar-refractivity contribution in [1.29, 1.82) is 0 Å². The van der Waals surface area contributed by atoms with E-state index in [0.717, 1.165) is 56.8 Å². The Balaban J connectivity index is 1.44. The Morgan fingerprint density at radius 3 is 2.44 bits per heavy atom. The number of hydrogen-bond acceptors (Lipinski definition) is 6. The highest BCUT2D eigenvalue weighted by atomic mass is 32.1. The van der Waals surface area contributed by atoms with Crippen molar-refractivity contribution in [3.05, 3.63) is 27.1 Å². The van der Waals surface area contributed by atoms with Gasteiger partial charge in [-0.1, -0.05) is 11.3 Å². The predicted molar refractivity (Wildman–Crippen MR) is 101 cm³/mol. The number of thiophene rings is 1. The molecule has 1 N–H and O–H groups in total. The summed E-state index contributed by atoms with van der Waals surface area (Å²) in [5.41, 5.74) is 0. The van der Waals surface area contributed by atoms with Gasteiger partial charge in [0, 0.05) is 25.7 Å². The van der Waals surface area contributed by atoms with Crippen molar-refractivity contribution in [2.75, 3.05) is 32.7 Å². The van der Waals surface area contributed by atoms with Crippen LogP contribution in [0.5, 0.6) is 0 Å². The number of likely N-dealkylation sites (tertiary alicyclic amines) is 2. The fourth-order valence-corrected chi connectivity index (χ4v) is 5.37. The lowest BCUT2D eigenvalue weighted by Crippen LogP contribution is -2.48. The number of nitro groups is 1. The molecular formula is C18H24N4O4S. The van der Waals surface area contributed by atoms with Gasteiger partial charge in [-0.25, -0.2) is 0 Å². The van der Waals surface area contributed by atoms with E-state index in [0.29, 0.717) is 29.7 Å². The van der Waals surface area contributed by atoms with Gasteiger partial charge in [-0.15, -0.1) is 0 Å². The molecule has 3 fully saturated rings. The molecule has 0 aliphatic carbocycles. The first kappa shape index (κ1) is 18.4. The van der Waals surface area contributed by atoms with Crippen molar-refractivity contribution < 1.29 is 14.5 Å². The van der Waals surface area contributed by atoms with E-state index in [9.17, 15) is 19.7 Å². The molecule has 1 aromatic heterocycles. The Kier molecular flexibility index (Phi) is 5.14. The standard InChI is InChI=1S/C18H24N4O4S/c23-17(20-8-5-12-10-19-11-13(12)6-9-20)14-2-1-7-21(14)18(24)15-3-4-16(27-15)22(25)26/h3-4,12-14,19H,1-2,5-11H2/t12-,13+,14?. The Morgan fingerprint density at radius 1 is 1.11 bits per heavy atom. The lowest BCUT2D eigenvalue weighted by atomic mass is 9.92. The minimum Gasteiger partial charge on any atom is -0.341 e. The van der Waals surface area contributed by atoms with Gasteiger partial charge in [-0.3, -0.25) is 19.7 Å². The molecule has 4 rings (SSSR count). The zero-order valence-electron chi connectivity index (χ0n) is 15.1. The van der Waals surface area contributed by atoms with E-state index in [1.165, 1.54) is 12.1 Å². The van der Waals surface area contributed by atoms with Gasteiger partial charge in [0.05, 0.1) is 9.80 Å². The summed E-state index contributed by atoms with van der Waals surface area (Å²) in [5.74, 6) is 1.08. The van der Waals surface area contributed by atoms with Gasteiger partial charge in [0.25, 0.3) is 5.91 Å². The molecule has 9 heteroatoms. The average Bonchev–Trinajstić information content (AvgIpc) is 3.39. The lowest BCUT2D eigenvalue weighted by Gasteiger charge is -2.29. The number of nitrogens with zero attached hydrogens (tertiary/aromatic N) is 3. The van der Waals surface area contributed by atoms with E-state index in [2.05, 4.69) is 5.32 Å². The predicted octanol–water partition coefficient (Wildman–Crippen LogP) is 1.72. The Hall–Kier alpha value is -2.00. The van der Waals surface area contributed by atoms with Crippen molar-refractivity contribution in [3.8, 4) is 0 Å². The van der Waals surface area contributed by atoms with Gasteiger partial charge in [0.2, 0.25) is 5.91 Å². The Morgan fingerprint density at radius 2 is 1.81 bits per heavy atom. The van der Waals surface area contributed by atoms with Gasteiger partial charge in [-0.2, -0.15) is 0 Å². The van der Waals surface area contributed by atoms with Gasteiger partial charge >= 0.3 is 5.00 Å². The number of hydrogen-bond donors (Lipinski definition) is 1. The molecule has 4 heterocycles. The van der Waals surface area contributed by atoms with Crippen LogP contribution >= 0.6 is 11.3 Å². The van der Waals surface area contributed by atoms with Crippen molar-refractivity contribution >= 4 is 28.2 Å². The van der Waals surface area contributed by atoms with Crippen LogP contribution in [0, 0.1) is 22.0 Å². The summed E-state index contributed by atoms with van der Waals surface area (Å²) in [6.07, 6.45) is 3.49. The van der Waals surface area contributed by atoms with Gasteiger partial charge in [-0.05, 0) is 56.7 Å². The van der Waals surface area contributed by atoms with Crippen molar-refractivity contribution in [3.63, 3.8) is 0 Å². The molecule has 3 saturated heterocycles. The normalized spacial score (nSPS) is 28.1. The fraction of sp³-hybridized carbons (Fsp3) is 0.667. The molecule has 27 heavy (non-hydrogen) atoms. The molecule has 3 atom stereocenters. The fourth-order valence-electron chi connectivity index (χ4n) is 4.60. The van der Waals surface area contributed by atoms with Crippen molar-refractivity contribution in [2.45, 2.75) is 31.7 Å². The third-order valence-corrected chi connectivity index (χ3v) is 7.14. The van der Waals surface area contributed by atoms with E-state index in [1.54, 1.807) is 4.90 Å². The summed E-state index contributed by atoms with van der Waals surface area (Å²) < 4.78 is 0.